The average molecular weight is 438 g/mol. The molecule has 0 saturated carbocycles. The Hall–Kier alpha value is -2.82. The van der Waals surface area contributed by atoms with E-state index >= 15 is 0 Å². The Bertz CT molecular complexity index is 808. The maximum atomic E-state index is 13.0. The standard InChI is InChI=1S/C27H39N3O2/c1-3-4-5-6-7-8-12-20-26(31)28-21-15-22-30(24-17-10-9-11-18-24)27(32)29-25-19-14-13-16-23(25)2/h9-11,13-14,16-19H,3-8,12,15,20-22H2,1-2H3,(H,28,31)(H,29,32). The third kappa shape index (κ3) is 9.54. The number of benzene rings is 2. The maximum absolute atomic E-state index is 13.0. The Labute approximate surface area is 193 Å². The van der Waals surface area contributed by atoms with Gasteiger partial charge in [-0.15, -0.1) is 0 Å². The van der Waals surface area contributed by atoms with Crippen molar-refractivity contribution >= 4 is 23.3 Å². The lowest BCUT2D eigenvalue weighted by Gasteiger charge is -2.24. The fraction of sp³-hybridized carbons (Fsp3) is 0.481. The van der Waals surface area contributed by atoms with Crippen LogP contribution in [0.5, 0.6) is 0 Å². The molecule has 0 spiro atoms. The SMILES string of the molecule is CCCCCCCCCC(=O)NCCCN(C(=O)Nc1ccccc1C)c1ccccc1. The number of hydrogen-bond acceptors (Lipinski definition) is 2. The van der Waals surface area contributed by atoms with Gasteiger partial charge in [-0.05, 0) is 43.5 Å². The van der Waals surface area contributed by atoms with Crippen molar-refractivity contribution in [3.05, 3.63) is 60.2 Å². The van der Waals surface area contributed by atoms with E-state index in [2.05, 4.69) is 17.6 Å². The normalized spacial score (nSPS) is 10.6. The third-order valence-corrected chi connectivity index (χ3v) is 5.59. The number of para-hydroxylation sites is 2. The molecule has 2 rings (SSSR count). The summed E-state index contributed by atoms with van der Waals surface area (Å²) in [6.45, 7) is 5.29. The third-order valence-electron chi connectivity index (χ3n) is 5.59. The van der Waals surface area contributed by atoms with Gasteiger partial charge < -0.3 is 10.6 Å². The number of anilines is 2. The first-order valence-corrected chi connectivity index (χ1v) is 12.1. The Kier molecular flexibility index (Phi) is 12.0. The van der Waals surface area contributed by atoms with Crippen LogP contribution in [0.1, 0.15) is 70.3 Å². The van der Waals surface area contributed by atoms with E-state index in [-0.39, 0.29) is 11.9 Å². The molecule has 0 aliphatic carbocycles. The van der Waals surface area contributed by atoms with Crippen molar-refractivity contribution in [2.45, 2.75) is 71.6 Å². The topological polar surface area (TPSA) is 61.4 Å². The lowest BCUT2D eigenvalue weighted by Crippen LogP contribution is -2.37. The fourth-order valence-electron chi connectivity index (χ4n) is 3.65. The highest BCUT2D eigenvalue weighted by atomic mass is 16.2. The van der Waals surface area contributed by atoms with Gasteiger partial charge in [0, 0.05) is 30.9 Å². The van der Waals surface area contributed by atoms with Gasteiger partial charge in [0.15, 0.2) is 0 Å². The molecule has 0 unspecified atom stereocenters. The van der Waals surface area contributed by atoms with Crippen LogP contribution >= 0.6 is 0 Å². The van der Waals surface area contributed by atoms with Crippen molar-refractivity contribution in [2.24, 2.45) is 0 Å². The molecule has 174 valence electrons. The number of carbonyl (C=O) groups excluding carboxylic acids is 2. The summed E-state index contributed by atoms with van der Waals surface area (Å²) in [6.07, 6.45) is 9.72. The maximum Gasteiger partial charge on any atom is 0.326 e. The molecule has 0 heterocycles. The summed E-state index contributed by atoms with van der Waals surface area (Å²) >= 11 is 0. The van der Waals surface area contributed by atoms with Crippen molar-refractivity contribution < 1.29 is 9.59 Å². The second kappa shape index (κ2) is 15.1. The first kappa shape index (κ1) is 25.4. The predicted octanol–water partition coefficient (Wildman–Crippen LogP) is 6.68. The van der Waals surface area contributed by atoms with Gasteiger partial charge in [0.2, 0.25) is 5.91 Å². The highest BCUT2D eigenvalue weighted by molar-refractivity contribution is 6.02. The number of aryl methyl sites for hydroxylation is 1. The zero-order chi connectivity index (χ0) is 23.0. The summed E-state index contributed by atoms with van der Waals surface area (Å²) in [4.78, 5) is 26.8. The Morgan fingerprint density at radius 1 is 0.812 bits per heavy atom. The summed E-state index contributed by atoms with van der Waals surface area (Å²) in [5, 5.41) is 6.01. The lowest BCUT2D eigenvalue weighted by molar-refractivity contribution is -0.121. The van der Waals surface area contributed by atoms with Gasteiger partial charge in [-0.25, -0.2) is 4.79 Å². The zero-order valence-electron chi connectivity index (χ0n) is 19.7. The van der Waals surface area contributed by atoms with Gasteiger partial charge in [-0.1, -0.05) is 81.8 Å². The van der Waals surface area contributed by atoms with Crippen LogP contribution in [-0.2, 0) is 4.79 Å². The minimum atomic E-state index is -0.167. The molecular formula is C27H39N3O2. The summed E-state index contributed by atoms with van der Waals surface area (Å²) in [7, 11) is 0. The number of hydrogen-bond donors (Lipinski definition) is 2. The Balaban J connectivity index is 1.76. The largest absolute Gasteiger partial charge is 0.356 e. The molecule has 5 heteroatoms. The molecule has 5 nitrogen and oxygen atoms in total. The fourth-order valence-corrected chi connectivity index (χ4v) is 3.65. The van der Waals surface area contributed by atoms with E-state index in [4.69, 9.17) is 0 Å². The van der Waals surface area contributed by atoms with E-state index < -0.39 is 0 Å². The molecule has 3 amide bonds. The predicted molar refractivity (Wildman–Crippen MR) is 134 cm³/mol. The summed E-state index contributed by atoms with van der Waals surface area (Å²) in [5.74, 6) is 0.106. The molecular weight excluding hydrogens is 398 g/mol. The molecule has 32 heavy (non-hydrogen) atoms. The second-order valence-corrected chi connectivity index (χ2v) is 8.31. The van der Waals surface area contributed by atoms with Gasteiger partial charge in [0.25, 0.3) is 0 Å². The molecule has 0 bridgehead atoms. The smallest absolute Gasteiger partial charge is 0.326 e. The van der Waals surface area contributed by atoms with Crippen molar-refractivity contribution in [1.29, 1.82) is 0 Å². The van der Waals surface area contributed by atoms with Gasteiger partial charge in [0.1, 0.15) is 0 Å². The number of amides is 3. The van der Waals surface area contributed by atoms with Gasteiger partial charge in [-0.3, -0.25) is 9.69 Å². The van der Waals surface area contributed by atoms with Crippen molar-refractivity contribution in [3.63, 3.8) is 0 Å². The number of urea groups is 1. The van der Waals surface area contributed by atoms with Crippen LogP contribution in [0.3, 0.4) is 0 Å². The highest BCUT2D eigenvalue weighted by Gasteiger charge is 2.16. The Morgan fingerprint density at radius 2 is 1.47 bits per heavy atom. The molecule has 2 aromatic carbocycles. The highest BCUT2D eigenvalue weighted by Crippen LogP contribution is 2.18. The van der Waals surface area contributed by atoms with Crippen LogP contribution in [0.2, 0.25) is 0 Å². The number of rotatable bonds is 14. The van der Waals surface area contributed by atoms with E-state index in [9.17, 15) is 9.59 Å². The lowest BCUT2D eigenvalue weighted by atomic mass is 10.1. The minimum absolute atomic E-state index is 0.106. The van der Waals surface area contributed by atoms with Crippen molar-refractivity contribution in [3.8, 4) is 0 Å². The monoisotopic (exact) mass is 437 g/mol. The Morgan fingerprint density at radius 3 is 2.19 bits per heavy atom. The van der Waals surface area contributed by atoms with Crippen LogP contribution in [0.15, 0.2) is 54.6 Å². The minimum Gasteiger partial charge on any atom is -0.356 e. The second-order valence-electron chi connectivity index (χ2n) is 8.31. The van der Waals surface area contributed by atoms with Gasteiger partial charge >= 0.3 is 6.03 Å². The van der Waals surface area contributed by atoms with E-state index in [0.29, 0.717) is 25.9 Å². The number of carbonyl (C=O) groups is 2. The summed E-state index contributed by atoms with van der Waals surface area (Å²) in [6, 6.07) is 17.2. The van der Waals surface area contributed by atoms with Gasteiger partial charge in [-0.2, -0.15) is 0 Å². The van der Waals surface area contributed by atoms with E-state index in [0.717, 1.165) is 29.8 Å². The van der Waals surface area contributed by atoms with Crippen LogP contribution in [0.25, 0.3) is 0 Å². The number of nitrogens with zero attached hydrogens (tertiary/aromatic N) is 1. The number of nitrogens with one attached hydrogen (secondary N) is 2. The first-order chi connectivity index (χ1) is 15.6. The molecule has 0 saturated heterocycles. The number of unbranched alkanes of at least 4 members (excludes halogenated alkanes) is 6. The molecule has 0 aliphatic heterocycles. The van der Waals surface area contributed by atoms with Crippen LogP contribution in [0, 0.1) is 6.92 Å². The van der Waals surface area contributed by atoms with Crippen molar-refractivity contribution in [2.75, 3.05) is 23.3 Å². The summed E-state index contributed by atoms with van der Waals surface area (Å²) < 4.78 is 0. The molecule has 0 fully saturated rings. The molecule has 2 aromatic rings. The van der Waals surface area contributed by atoms with Gasteiger partial charge in [0.05, 0.1) is 0 Å². The molecule has 2 N–H and O–H groups in total. The van der Waals surface area contributed by atoms with Crippen LogP contribution in [-0.4, -0.2) is 25.0 Å². The average Bonchev–Trinajstić information content (AvgIpc) is 2.80. The first-order valence-electron chi connectivity index (χ1n) is 12.1. The van der Waals surface area contributed by atoms with Crippen molar-refractivity contribution in [1.82, 2.24) is 5.32 Å². The molecule has 0 atom stereocenters. The van der Waals surface area contributed by atoms with Crippen LogP contribution in [0.4, 0.5) is 16.2 Å². The van der Waals surface area contributed by atoms with E-state index in [1.165, 1.54) is 32.1 Å². The zero-order valence-corrected chi connectivity index (χ0v) is 19.7. The summed E-state index contributed by atoms with van der Waals surface area (Å²) in [5.41, 5.74) is 2.67. The van der Waals surface area contributed by atoms with Crippen LogP contribution < -0.4 is 15.5 Å². The quantitative estimate of drug-likeness (QED) is 0.324. The molecule has 0 aromatic heterocycles. The molecule has 0 aliphatic rings. The van der Waals surface area contributed by atoms with E-state index in [1.807, 2.05) is 61.5 Å². The van der Waals surface area contributed by atoms with E-state index in [1.54, 1.807) is 4.90 Å². The molecule has 0 radical (unpaired) electrons.